The molecule has 0 unspecified atom stereocenters. The molecule has 0 spiro atoms. The first-order chi connectivity index (χ1) is 29.7. The molecule has 0 amide bonds. The zero-order chi connectivity index (χ0) is 44.7. The average molecular weight is 863 g/mol. The minimum Gasteiger partial charge on any atom is -0.462 e. The molecule has 1 atom stereocenters. The Morgan fingerprint density at radius 3 is 0.803 bits per heavy atom. The second-order valence-electron chi connectivity index (χ2n) is 19.8. The van der Waals surface area contributed by atoms with Crippen LogP contribution in [0, 0.1) is 11.8 Å². The summed E-state index contributed by atoms with van der Waals surface area (Å²) in [4.78, 5) is 38.0. The molecule has 0 aliphatic heterocycles. The number of esters is 3. The molecule has 362 valence electrons. The van der Waals surface area contributed by atoms with Gasteiger partial charge in [0.05, 0.1) is 0 Å². The van der Waals surface area contributed by atoms with Crippen molar-refractivity contribution in [2.45, 2.75) is 310 Å². The van der Waals surface area contributed by atoms with Gasteiger partial charge in [-0.15, -0.1) is 0 Å². The van der Waals surface area contributed by atoms with Crippen LogP contribution in [0.4, 0.5) is 0 Å². The maximum absolute atomic E-state index is 12.8. The molecule has 0 aliphatic carbocycles. The van der Waals surface area contributed by atoms with E-state index in [1.165, 1.54) is 193 Å². The first kappa shape index (κ1) is 59.4. The second-order valence-corrected chi connectivity index (χ2v) is 19.8. The van der Waals surface area contributed by atoms with Crippen molar-refractivity contribution >= 4 is 17.9 Å². The van der Waals surface area contributed by atoms with Gasteiger partial charge in [-0.1, -0.05) is 266 Å². The molecular weight excluding hydrogens is 757 g/mol. The van der Waals surface area contributed by atoms with E-state index >= 15 is 0 Å². The summed E-state index contributed by atoms with van der Waals surface area (Å²) in [6, 6.07) is 0. The van der Waals surface area contributed by atoms with Crippen LogP contribution >= 0.6 is 0 Å². The molecule has 0 saturated carbocycles. The minimum absolute atomic E-state index is 0.0631. The van der Waals surface area contributed by atoms with Crippen LogP contribution in [0.25, 0.3) is 0 Å². The molecule has 0 saturated heterocycles. The van der Waals surface area contributed by atoms with E-state index in [-0.39, 0.29) is 31.1 Å². The molecule has 0 aromatic rings. The Labute approximate surface area is 380 Å². The highest BCUT2D eigenvalue weighted by atomic mass is 16.6. The fraction of sp³-hybridized carbons (Fsp3) is 0.945. The highest BCUT2D eigenvalue weighted by Crippen LogP contribution is 2.18. The van der Waals surface area contributed by atoms with Gasteiger partial charge < -0.3 is 14.2 Å². The highest BCUT2D eigenvalue weighted by Gasteiger charge is 2.19. The molecule has 0 aromatic carbocycles. The number of hydrogen-bond donors (Lipinski definition) is 0. The number of unbranched alkanes of at least 4 members (excludes halogenated alkanes) is 34. The van der Waals surface area contributed by atoms with E-state index < -0.39 is 6.10 Å². The molecule has 6 heteroatoms. The number of carbonyl (C=O) groups is 3. The van der Waals surface area contributed by atoms with Gasteiger partial charge in [0.2, 0.25) is 0 Å². The van der Waals surface area contributed by atoms with Gasteiger partial charge in [0, 0.05) is 19.3 Å². The number of rotatable bonds is 49. The normalized spacial score (nSPS) is 12.0. The first-order valence-corrected chi connectivity index (χ1v) is 27.2. The van der Waals surface area contributed by atoms with Gasteiger partial charge in [-0.25, -0.2) is 0 Å². The van der Waals surface area contributed by atoms with Gasteiger partial charge in [0.15, 0.2) is 6.10 Å². The molecule has 61 heavy (non-hydrogen) atoms. The number of ether oxygens (including phenoxy) is 3. The highest BCUT2D eigenvalue weighted by molar-refractivity contribution is 5.71. The standard InChI is InChI=1S/C55H106O6/c1-6-7-8-9-10-11-12-20-27-32-37-42-47-55(58)61-52(49-60-54(57)46-41-36-31-26-22-17-19-24-29-34-39-44-51(4)5)48-59-53(56)45-40-35-30-25-21-16-14-13-15-18-23-28-33-38-43-50(2)3/h50-52H,6-49H2,1-5H3/t52-/m0/s1. The molecule has 0 fully saturated rings. The van der Waals surface area contributed by atoms with Crippen molar-refractivity contribution in [1.82, 2.24) is 0 Å². The third-order valence-electron chi connectivity index (χ3n) is 12.5. The number of hydrogen-bond acceptors (Lipinski definition) is 6. The average Bonchev–Trinajstić information content (AvgIpc) is 3.23. The zero-order valence-electron chi connectivity index (χ0n) is 41.8. The summed E-state index contributed by atoms with van der Waals surface area (Å²) in [5.41, 5.74) is 0. The molecule has 0 radical (unpaired) electrons. The van der Waals surface area contributed by atoms with Gasteiger partial charge >= 0.3 is 17.9 Å². The summed E-state index contributed by atoms with van der Waals surface area (Å²) < 4.78 is 16.8. The maximum Gasteiger partial charge on any atom is 0.306 e. The SMILES string of the molecule is CCCCCCCCCCCCCCC(=O)O[C@@H](COC(=O)CCCCCCCCCCCCCCCCC(C)C)COC(=O)CCCCCCCCCCCCCC(C)C. The molecule has 6 nitrogen and oxygen atoms in total. The van der Waals surface area contributed by atoms with Crippen molar-refractivity contribution in [2.75, 3.05) is 13.2 Å². The van der Waals surface area contributed by atoms with Crippen molar-refractivity contribution in [2.24, 2.45) is 11.8 Å². The summed E-state index contributed by atoms with van der Waals surface area (Å²) >= 11 is 0. The van der Waals surface area contributed by atoms with Gasteiger partial charge in [-0.3, -0.25) is 14.4 Å². The molecule has 0 aliphatic rings. The minimum atomic E-state index is -0.761. The predicted octanol–water partition coefficient (Wildman–Crippen LogP) is 17.7. The topological polar surface area (TPSA) is 78.9 Å². The quantitative estimate of drug-likeness (QED) is 0.0344. The van der Waals surface area contributed by atoms with Gasteiger partial charge in [-0.05, 0) is 31.1 Å². The molecule has 0 N–H and O–H groups in total. The Balaban J connectivity index is 4.28. The van der Waals surface area contributed by atoms with E-state index in [0.717, 1.165) is 69.6 Å². The summed E-state index contributed by atoms with van der Waals surface area (Å²) in [5.74, 6) is 0.828. The Morgan fingerprint density at radius 1 is 0.311 bits per heavy atom. The second kappa shape index (κ2) is 47.9. The number of carbonyl (C=O) groups excluding carboxylic acids is 3. The van der Waals surface area contributed by atoms with Gasteiger partial charge in [0.1, 0.15) is 13.2 Å². The molecule has 0 heterocycles. The lowest BCUT2D eigenvalue weighted by Gasteiger charge is -2.18. The molecule has 0 bridgehead atoms. The van der Waals surface area contributed by atoms with Crippen molar-refractivity contribution < 1.29 is 28.6 Å². The molecule has 0 rings (SSSR count). The van der Waals surface area contributed by atoms with Crippen LogP contribution in [-0.2, 0) is 28.6 Å². The first-order valence-electron chi connectivity index (χ1n) is 27.2. The van der Waals surface area contributed by atoms with Gasteiger partial charge in [-0.2, -0.15) is 0 Å². The van der Waals surface area contributed by atoms with E-state index in [0.29, 0.717) is 19.3 Å². The van der Waals surface area contributed by atoms with E-state index in [4.69, 9.17) is 14.2 Å². The van der Waals surface area contributed by atoms with Crippen LogP contribution in [0.1, 0.15) is 304 Å². The summed E-state index contributed by atoms with van der Waals surface area (Å²) in [6.45, 7) is 11.4. The third kappa shape index (κ3) is 49.3. The third-order valence-corrected chi connectivity index (χ3v) is 12.5. The molecular formula is C55H106O6. The Morgan fingerprint density at radius 2 is 0.541 bits per heavy atom. The summed E-state index contributed by atoms with van der Waals surface area (Å²) in [7, 11) is 0. The Kier molecular flexibility index (Phi) is 46.6. The van der Waals surface area contributed by atoms with E-state index in [1.807, 2.05) is 0 Å². The van der Waals surface area contributed by atoms with Crippen LogP contribution in [0.15, 0.2) is 0 Å². The lowest BCUT2D eigenvalue weighted by Crippen LogP contribution is -2.30. The van der Waals surface area contributed by atoms with Crippen molar-refractivity contribution in [3.05, 3.63) is 0 Å². The van der Waals surface area contributed by atoms with Crippen LogP contribution in [0.5, 0.6) is 0 Å². The fourth-order valence-corrected chi connectivity index (χ4v) is 8.34. The largest absolute Gasteiger partial charge is 0.462 e. The van der Waals surface area contributed by atoms with Crippen LogP contribution < -0.4 is 0 Å². The summed E-state index contributed by atoms with van der Waals surface area (Å²) in [6.07, 6.45) is 49.4. The Hall–Kier alpha value is -1.59. The van der Waals surface area contributed by atoms with Crippen molar-refractivity contribution in [3.8, 4) is 0 Å². The van der Waals surface area contributed by atoms with Crippen LogP contribution in [0.3, 0.4) is 0 Å². The lowest BCUT2D eigenvalue weighted by atomic mass is 10.0. The van der Waals surface area contributed by atoms with E-state index in [9.17, 15) is 14.4 Å². The van der Waals surface area contributed by atoms with Crippen LogP contribution in [0.2, 0.25) is 0 Å². The van der Waals surface area contributed by atoms with E-state index in [2.05, 4.69) is 34.6 Å². The fourth-order valence-electron chi connectivity index (χ4n) is 8.34. The van der Waals surface area contributed by atoms with E-state index in [1.54, 1.807) is 0 Å². The van der Waals surface area contributed by atoms with Crippen molar-refractivity contribution in [3.63, 3.8) is 0 Å². The van der Waals surface area contributed by atoms with Crippen LogP contribution in [-0.4, -0.2) is 37.2 Å². The zero-order valence-corrected chi connectivity index (χ0v) is 41.8. The lowest BCUT2D eigenvalue weighted by molar-refractivity contribution is -0.167. The summed E-state index contributed by atoms with van der Waals surface area (Å²) in [5, 5.41) is 0. The van der Waals surface area contributed by atoms with Gasteiger partial charge in [0.25, 0.3) is 0 Å². The Bertz CT molecular complexity index is 931. The smallest absolute Gasteiger partial charge is 0.306 e. The van der Waals surface area contributed by atoms with Crippen molar-refractivity contribution in [1.29, 1.82) is 0 Å². The molecule has 0 aromatic heterocycles. The monoisotopic (exact) mass is 863 g/mol. The maximum atomic E-state index is 12.8. The predicted molar refractivity (Wildman–Crippen MR) is 261 cm³/mol.